The molecular weight excluding hydrogens is 409 g/mol. The number of sulfone groups is 1. The molecule has 11 heteroatoms. The topological polar surface area (TPSA) is 93.9 Å². The predicted octanol–water partition coefficient (Wildman–Crippen LogP) is 2.53. The van der Waals surface area contributed by atoms with E-state index in [4.69, 9.17) is 0 Å². The molecule has 7 nitrogen and oxygen atoms in total. The molecule has 1 aromatic carbocycles. The summed E-state index contributed by atoms with van der Waals surface area (Å²) in [6, 6.07) is 11.3. The molecule has 2 heterocycles. The number of carbonyl (C=O) groups excluding carboxylic acids is 1. The maximum Gasteiger partial charge on any atom is 0.503 e. The van der Waals surface area contributed by atoms with E-state index >= 15 is 0 Å². The van der Waals surface area contributed by atoms with Crippen LogP contribution in [0.4, 0.5) is 13.2 Å². The van der Waals surface area contributed by atoms with E-state index in [9.17, 15) is 26.4 Å². The highest BCUT2D eigenvalue weighted by molar-refractivity contribution is 7.92. The SMILES string of the molecule is O=C(NCCc1ccc(-n2cccn2)cc1)c1cccnc1S(=O)(=O)C(F)(F)F. The van der Waals surface area contributed by atoms with E-state index in [0.29, 0.717) is 6.42 Å². The van der Waals surface area contributed by atoms with Gasteiger partial charge in [-0.2, -0.15) is 18.3 Å². The van der Waals surface area contributed by atoms with Crippen LogP contribution in [0.25, 0.3) is 5.69 Å². The average Bonchev–Trinajstić information content (AvgIpc) is 3.22. The lowest BCUT2D eigenvalue weighted by Gasteiger charge is -2.12. The highest BCUT2D eigenvalue weighted by atomic mass is 32.2. The van der Waals surface area contributed by atoms with Crippen LogP contribution >= 0.6 is 0 Å². The van der Waals surface area contributed by atoms with Gasteiger partial charge in [-0.15, -0.1) is 0 Å². The normalized spacial score (nSPS) is 12.0. The van der Waals surface area contributed by atoms with Crippen molar-refractivity contribution in [1.82, 2.24) is 20.1 Å². The second kappa shape index (κ2) is 8.03. The summed E-state index contributed by atoms with van der Waals surface area (Å²) in [4.78, 5) is 15.5. The molecule has 1 N–H and O–H groups in total. The van der Waals surface area contributed by atoms with Crippen molar-refractivity contribution >= 4 is 15.7 Å². The van der Waals surface area contributed by atoms with Gasteiger partial charge in [0.1, 0.15) is 0 Å². The number of amides is 1. The molecule has 0 aliphatic rings. The summed E-state index contributed by atoms with van der Waals surface area (Å²) in [5.41, 5.74) is -4.48. The van der Waals surface area contributed by atoms with Crippen molar-refractivity contribution in [2.45, 2.75) is 17.0 Å². The molecule has 3 rings (SSSR count). The third kappa shape index (κ3) is 4.45. The van der Waals surface area contributed by atoms with Crippen molar-refractivity contribution in [2.75, 3.05) is 6.54 Å². The summed E-state index contributed by atoms with van der Waals surface area (Å²) in [7, 11) is -5.74. The molecule has 0 saturated heterocycles. The predicted molar refractivity (Wildman–Crippen MR) is 97.1 cm³/mol. The minimum absolute atomic E-state index is 0.0976. The lowest BCUT2D eigenvalue weighted by atomic mass is 10.1. The molecule has 0 atom stereocenters. The van der Waals surface area contributed by atoms with Crippen molar-refractivity contribution in [3.63, 3.8) is 0 Å². The van der Waals surface area contributed by atoms with E-state index in [0.717, 1.165) is 23.5 Å². The molecule has 0 unspecified atom stereocenters. The third-order valence-corrected chi connectivity index (χ3v) is 5.42. The lowest BCUT2D eigenvalue weighted by molar-refractivity contribution is -0.0438. The molecule has 1 amide bonds. The fourth-order valence-electron chi connectivity index (χ4n) is 2.54. The molecule has 0 aliphatic heterocycles. The molecule has 152 valence electrons. The first-order valence-corrected chi connectivity index (χ1v) is 9.82. The van der Waals surface area contributed by atoms with Crippen LogP contribution < -0.4 is 5.32 Å². The van der Waals surface area contributed by atoms with Crippen LogP contribution in [-0.2, 0) is 16.3 Å². The van der Waals surface area contributed by atoms with Gasteiger partial charge in [-0.05, 0) is 42.3 Å². The molecule has 2 aromatic heterocycles. The van der Waals surface area contributed by atoms with E-state index in [-0.39, 0.29) is 6.54 Å². The largest absolute Gasteiger partial charge is 0.503 e. The lowest BCUT2D eigenvalue weighted by Crippen LogP contribution is -2.31. The fourth-order valence-corrected chi connectivity index (χ4v) is 3.41. The standard InChI is InChI=1S/C18H15F3N4O3S/c19-18(20,21)29(27,28)17-15(3-1-9-23-17)16(26)22-11-8-13-4-6-14(7-5-13)25-12-2-10-24-25/h1-7,9-10,12H,8,11H2,(H,22,26). The van der Waals surface area contributed by atoms with Gasteiger partial charge in [0, 0.05) is 25.1 Å². The maximum atomic E-state index is 12.8. The molecular formula is C18H15F3N4O3S. The van der Waals surface area contributed by atoms with Crippen LogP contribution in [0.3, 0.4) is 0 Å². The molecule has 0 fully saturated rings. The quantitative estimate of drug-likeness (QED) is 0.656. The minimum atomic E-state index is -5.74. The summed E-state index contributed by atoms with van der Waals surface area (Å²) in [5, 5.41) is 5.22. The van der Waals surface area contributed by atoms with Crippen molar-refractivity contribution in [3.05, 3.63) is 72.2 Å². The van der Waals surface area contributed by atoms with Crippen molar-refractivity contribution in [1.29, 1.82) is 0 Å². The van der Waals surface area contributed by atoms with Gasteiger partial charge in [0.25, 0.3) is 15.7 Å². The van der Waals surface area contributed by atoms with Crippen molar-refractivity contribution in [2.24, 2.45) is 0 Å². The summed E-state index contributed by atoms with van der Waals surface area (Å²) < 4.78 is 63.3. The van der Waals surface area contributed by atoms with Gasteiger partial charge in [-0.1, -0.05) is 12.1 Å². The summed E-state index contributed by atoms with van der Waals surface area (Å²) in [5.74, 6) is -0.950. The Balaban J connectivity index is 1.66. The number of nitrogens with zero attached hydrogens (tertiary/aromatic N) is 3. The number of halogens is 3. The number of nitrogens with one attached hydrogen (secondary N) is 1. The Kier molecular flexibility index (Phi) is 5.69. The molecule has 0 radical (unpaired) electrons. The Bertz CT molecular complexity index is 1100. The monoisotopic (exact) mass is 424 g/mol. The number of pyridine rings is 1. The number of hydrogen-bond donors (Lipinski definition) is 1. The van der Waals surface area contributed by atoms with Crippen LogP contribution in [0.1, 0.15) is 15.9 Å². The van der Waals surface area contributed by atoms with Gasteiger partial charge in [0.05, 0.1) is 11.3 Å². The van der Waals surface area contributed by atoms with Crippen molar-refractivity contribution in [3.8, 4) is 5.69 Å². The van der Waals surface area contributed by atoms with Gasteiger partial charge in [-0.3, -0.25) is 4.79 Å². The molecule has 0 aliphatic carbocycles. The first-order chi connectivity index (χ1) is 13.7. The molecule has 29 heavy (non-hydrogen) atoms. The van der Waals surface area contributed by atoms with Crippen LogP contribution in [-0.4, -0.2) is 41.1 Å². The van der Waals surface area contributed by atoms with E-state index in [1.807, 2.05) is 24.3 Å². The van der Waals surface area contributed by atoms with Crippen LogP contribution in [0, 0.1) is 0 Å². The maximum absolute atomic E-state index is 12.8. The van der Waals surface area contributed by atoms with Crippen molar-refractivity contribution < 1.29 is 26.4 Å². The van der Waals surface area contributed by atoms with Gasteiger partial charge >= 0.3 is 5.51 Å². The number of aromatic nitrogens is 3. The number of hydrogen-bond acceptors (Lipinski definition) is 5. The minimum Gasteiger partial charge on any atom is -0.352 e. The van der Waals surface area contributed by atoms with E-state index in [1.54, 1.807) is 23.1 Å². The smallest absolute Gasteiger partial charge is 0.352 e. The molecule has 0 saturated carbocycles. The molecule has 3 aromatic rings. The Morgan fingerprint density at radius 1 is 1.07 bits per heavy atom. The van der Waals surface area contributed by atoms with Gasteiger partial charge in [0.15, 0.2) is 5.03 Å². The van der Waals surface area contributed by atoms with E-state index in [1.165, 1.54) is 6.07 Å². The number of carbonyl (C=O) groups is 1. The Hall–Kier alpha value is -3.21. The second-order valence-electron chi connectivity index (χ2n) is 5.93. The summed E-state index contributed by atoms with van der Waals surface area (Å²) in [6.45, 7) is 0.0976. The first kappa shape index (κ1) is 20.5. The van der Waals surface area contributed by atoms with Gasteiger partial charge in [-0.25, -0.2) is 18.1 Å². The summed E-state index contributed by atoms with van der Waals surface area (Å²) in [6.07, 6.45) is 4.72. The number of alkyl halides is 3. The molecule has 0 spiro atoms. The Morgan fingerprint density at radius 2 is 1.79 bits per heavy atom. The highest BCUT2D eigenvalue weighted by Crippen LogP contribution is 2.30. The highest BCUT2D eigenvalue weighted by Gasteiger charge is 2.49. The number of benzene rings is 1. The molecule has 0 bridgehead atoms. The number of rotatable bonds is 6. The van der Waals surface area contributed by atoms with E-state index < -0.39 is 31.8 Å². The zero-order valence-corrected chi connectivity index (χ0v) is 15.6. The summed E-state index contributed by atoms with van der Waals surface area (Å²) >= 11 is 0. The van der Waals surface area contributed by atoms with Crippen LogP contribution in [0.5, 0.6) is 0 Å². The third-order valence-electron chi connectivity index (χ3n) is 3.98. The Labute approximate surface area is 164 Å². The Morgan fingerprint density at radius 3 is 2.41 bits per heavy atom. The zero-order chi connectivity index (χ0) is 21.1. The van der Waals surface area contributed by atoms with Gasteiger partial charge in [0.2, 0.25) is 0 Å². The zero-order valence-electron chi connectivity index (χ0n) is 14.8. The van der Waals surface area contributed by atoms with Crippen LogP contribution in [0.15, 0.2) is 66.1 Å². The second-order valence-corrected chi connectivity index (χ2v) is 7.78. The first-order valence-electron chi connectivity index (χ1n) is 8.33. The van der Waals surface area contributed by atoms with Gasteiger partial charge < -0.3 is 5.32 Å². The van der Waals surface area contributed by atoms with E-state index in [2.05, 4.69) is 15.4 Å². The average molecular weight is 424 g/mol. The van der Waals surface area contributed by atoms with Crippen LogP contribution in [0.2, 0.25) is 0 Å². The fraction of sp³-hybridized carbons (Fsp3) is 0.167.